The van der Waals surface area contributed by atoms with Gasteiger partial charge in [-0.15, -0.1) is 0 Å². The Morgan fingerprint density at radius 3 is 3.04 bits per heavy atom. The Hall–Kier alpha value is -2.14. The molecule has 3 aliphatic rings. The number of rotatable bonds is 1. The number of nitriles is 1. The fraction of sp³-hybridized carbons (Fsp3) is 0.600. The quantitative estimate of drug-likeness (QED) is 0.701. The van der Waals surface area contributed by atoms with E-state index >= 15 is 0 Å². The number of benzene rings is 1. The first-order valence-electron chi connectivity index (χ1n) is 9.76. The number of nitrogens with one attached hydrogen (secondary N) is 3. The van der Waals surface area contributed by atoms with Crippen LogP contribution in [0.2, 0.25) is 0 Å². The van der Waals surface area contributed by atoms with Crippen LogP contribution in [0.25, 0.3) is 0 Å². The van der Waals surface area contributed by atoms with Gasteiger partial charge in [0.25, 0.3) is 0 Å². The molecule has 1 aliphatic carbocycles. The summed E-state index contributed by atoms with van der Waals surface area (Å²) >= 11 is 0. The second-order valence-electron chi connectivity index (χ2n) is 7.62. The van der Waals surface area contributed by atoms with Gasteiger partial charge in [-0.05, 0) is 48.3 Å². The van der Waals surface area contributed by atoms with E-state index in [0.29, 0.717) is 31.5 Å². The van der Waals surface area contributed by atoms with Gasteiger partial charge in [-0.2, -0.15) is 5.26 Å². The van der Waals surface area contributed by atoms with Gasteiger partial charge in [0.15, 0.2) is 0 Å². The second kappa shape index (κ2) is 8.26. The Labute approximate surface area is 159 Å². The minimum Gasteiger partial charge on any atom is -0.445 e. The highest BCUT2D eigenvalue weighted by Crippen LogP contribution is 2.39. The average molecular weight is 370 g/mol. The lowest BCUT2D eigenvalue weighted by Gasteiger charge is -2.33. The lowest BCUT2D eigenvalue weighted by molar-refractivity contribution is 0.00716. The zero-order chi connectivity index (χ0) is 18.6. The number of amides is 1. The molecule has 2 heterocycles. The zero-order valence-corrected chi connectivity index (χ0v) is 15.4. The van der Waals surface area contributed by atoms with Crippen molar-refractivity contribution in [1.82, 2.24) is 16.2 Å². The number of alkyl carbamates (subject to hydrolysis) is 1. The molecule has 0 radical (unpaired) electrons. The third-order valence-corrected chi connectivity index (χ3v) is 5.74. The number of carbonyl (C=O) groups is 1. The van der Waals surface area contributed by atoms with E-state index in [9.17, 15) is 4.79 Å². The number of hydrogen-bond donors (Lipinski definition) is 3. The molecule has 2 fully saturated rings. The molecule has 3 N–H and O–H groups in total. The lowest BCUT2D eigenvalue weighted by atomic mass is 9.78. The maximum atomic E-state index is 11.9. The first-order chi connectivity index (χ1) is 13.2. The fourth-order valence-electron chi connectivity index (χ4n) is 4.46. The average Bonchev–Trinajstić information content (AvgIpc) is 3.09. The molecule has 2 aliphatic heterocycles. The first-order valence-corrected chi connectivity index (χ1v) is 9.76. The summed E-state index contributed by atoms with van der Waals surface area (Å²) in [5.41, 5.74) is 9.91. The molecule has 4 unspecified atom stereocenters. The minimum absolute atomic E-state index is 0.165. The predicted molar refractivity (Wildman–Crippen MR) is 98.4 cm³/mol. The Morgan fingerprint density at radius 1 is 1.22 bits per heavy atom. The summed E-state index contributed by atoms with van der Waals surface area (Å²) in [7, 11) is 0. The molecular formula is C20H26N4O3. The Kier molecular flexibility index (Phi) is 5.58. The normalized spacial score (nSPS) is 31.0. The highest BCUT2D eigenvalue weighted by molar-refractivity contribution is 5.67. The monoisotopic (exact) mass is 370 g/mol. The van der Waals surface area contributed by atoms with Crippen molar-refractivity contribution in [1.29, 1.82) is 5.26 Å². The van der Waals surface area contributed by atoms with Crippen molar-refractivity contribution in [2.24, 2.45) is 5.92 Å². The standard InChI is InChI=1S/C20H26N4O3/c21-5-4-13-8-14-10-15(9-13)19-17-11-16(2-3-18(17)23-24-19)26-7-1-6-22-20(25)27-12-14/h8-10,16-19,23-24H,1-4,6-7,11-12H2,(H,22,25). The first kappa shape index (κ1) is 18.2. The van der Waals surface area contributed by atoms with Crippen molar-refractivity contribution in [2.45, 2.75) is 56.9 Å². The number of hydrogen-bond acceptors (Lipinski definition) is 6. The fourth-order valence-corrected chi connectivity index (χ4v) is 4.46. The second-order valence-corrected chi connectivity index (χ2v) is 7.62. The molecule has 1 saturated heterocycles. The Morgan fingerprint density at radius 2 is 2.15 bits per heavy atom. The van der Waals surface area contributed by atoms with Crippen LogP contribution in [0.4, 0.5) is 4.79 Å². The van der Waals surface area contributed by atoms with Crippen LogP contribution in [0.5, 0.6) is 0 Å². The van der Waals surface area contributed by atoms with Crippen molar-refractivity contribution in [3.8, 4) is 6.07 Å². The summed E-state index contributed by atoms with van der Waals surface area (Å²) in [5.74, 6) is 0.444. The smallest absolute Gasteiger partial charge is 0.407 e. The third-order valence-electron chi connectivity index (χ3n) is 5.74. The van der Waals surface area contributed by atoms with E-state index in [-0.39, 0.29) is 18.8 Å². The molecule has 1 aromatic carbocycles. The van der Waals surface area contributed by atoms with Crippen LogP contribution >= 0.6 is 0 Å². The number of ether oxygens (including phenoxy) is 2. The molecule has 4 bridgehead atoms. The van der Waals surface area contributed by atoms with Crippen LogP contribution in [0.15, 0.2) is 18.2 Å². The summed E-state index contributed by atoms with van der Waals surface area (Å²) in [6.07, 6.45) is 4.11. The van der Waals surface area contributed by atoms with Crippen LogP contribution in [0.1, 0.15) is 48.4 Å². The van der Waals surface area contributed by atoms with E-state index in [4.69, 9.17) is 14.7 Å². The van der Waals surface area contributed by atoms with E-state index in [1.54, 1.807) is 0 Å². The molecule has 7 nitrogen and oxygen atoms in total. The molecule has 0 aromatic heterocycles. The number of hydrazine groups is 1. The van der Waals surface area contributed by atoms with E-state index in [2.05, 4.69) is 34.4 Å². The van der Waals surface area contributed by atoms with Gasteiger partial charge in [0.05, 0.1) is 24.6 Å². The van der Waals surface area contributed by atoms with Crippen LogP contribution in [-0.2, 0) is 22.5 Å². The van der Waals surface area contributed by atoms with Crippen molar-refractivity contribution < 1.29 is 14.3 Å². The van der Waals surface area contributed by atoms with Crippen molar-refractivity contribution >= 4 is 6.09 Å². The molecule has 1 saturated carbocycles. The summed E-state index contributed by atoms with van der Waals surface area (Å²) in [5, 5.41) is 11.9. The third kappa shape index (κ3) is 4.24. The largest absolute Gasteiger partial charge is 0.445 e. The summed E-state index contributed by atoms with van der Waals surface area (Å²) < 4.78 is 11.4. The SMILES string of the molecule is N#CCc1cc2cc(c1)C1NNC3CCC(CC31)OCCCNC(=O)OC2. The van der Waals surface area contributed by atoms with Crippen LogP contribution in [-0.4, -0.2) is 31.4 Å². The van der Waals surface area contributed by atoms with Gasteiger partial charge in [0, 0.05) is 19.2 Å². The van der Waals surface area contributed by atoms with Gasteiger partial charge in [-0.1, -0.05) is 18.2 Å². The molecule has 1 amide bonds. The minimum atomic E-state index is -0.420. The number of cyclic esters (lactones) is 1. The number of carbonyl (C=O) groups excluding carboxylic acids is 1. The lowest BCUT2D eigenvalue weighted by Crippen LogP contribution is -2.37. The molecule has 4 atom stereocenters. The van der Waals surface area contributed by atoms with Crippen LogP contribution in [0.3, 0.4) is 0 Å². The zero-order valence-electron chi connectivity index (χ0n) is 15.4. The van der Waals surface area contributed by atoms with Gasteiger partial charge in [-0.25, -0.2) is 10.2 Å². The van der Waals surface area contributed by atoms with Crippen LogP contribution < -0.4 is 16.2 Å². The van der Waals surface area contributed by atoms with Crippen LogP contribution in [0, 0.1) is 17.2 Å². The highest BCUT2D eigenvalue weighted by atomic mass is 16.5. The van der Waals surface area contributed by atoms with Crippen molar-refractivity contribution in [3.63, 3.8) is 0 Å². The van der Waals surface area contributed by atoms with E-state index in [1.807, 2.05) is 6.07 Å². The molecule has 1 aromatic rings. The molecule has 4 rings (SSSR count). The van der Waals surface area contributed by atoms with Gasteiger partial charge in [-0.3, -0.25) is 5.43 Å². The Bertz CT molecular complexity index is 732. The maximum absolute atomic E-state index is 11.9. The van der Waals surface area contributed by atoms with Gasteiger partial charge in [0.1, 0.15) is 6.61 Å². The molecule has 7 heteroatoms. The number of nitrogens with zero attached hydrogens (tertiary/aromatic N) is 1. The van der Waals surface area contributed by atoms with Gasteiger partial charge < -0.3 is 14.8 Å². The topological polar surface area (TPSA) is 95.4 Å². The summed E-state index contributed by atoms with van der Waals surface area (Å²) in [6, 6.07) is 8.95. The van der Waals surface area contributed by atoms with Gasteiger partial charge in [0.2, 0.25) is 0 Å². The maximum Gasteiger partial charge on any atom is 0.407 e. The van der Waals surface area contributed by atoms with E-state index < -0.39 is 6.09 Å². The molecular weight excluding hydrogens is 344 g/mol. The van der Waals surface area contributed by atoms with Gasteiger partial charge >= 0.3 is 6.09 Å². The molecule has 0 spiro atoms. The summed E-state index contributed by atoms with van der Waals surface area (Å²) in [6.45, 7) is 1.39. The van der Waals surface area contributed by atoms with E-state index in [1.165, 1.54) is 0 Å². The molecule has 144 valence electrons. The summed E-state index contributed by atoms with van der Waals surface area (Å²) in [4.78, 5) is 11.9. The van der Waals surface area contributed by atoms with E-state index in [0.717, 1.165) is 42.4 Å². The molecule has 27 heavy (non-hydrogen) atoms. The number of fused-ring (bicyclic) bond motifs is 4. The van der Waals surface area contributed by atoms with Crippen molar-refractivity contribution in [3.05, 3.63) is 34.9 Å². The highest BCUT2D eigenvalue weighted by Gasteiger charge is 2.41. The van der Waals surface area contributed by atoms with Crippen molar-refractivity contribution in [2.75, 3.05) is 13.2 Å². The predicted octanol–water partition coefficient (Wildman–Crippen LogP) is 2.09. The Balaban J connectivity index is 1.64.